The summed E-state index contributed by atoms with van der Waals surface area (Å²) in [6, 6.07) is 6.65. The molecule has 1 amide bonds. The molecule has 0 radical (unpaired) electrons. The van der Waals surface area contributed by atoms with Crippen LogP contribution in [0.25, 0.3) is 10.9 Å². The summed E-state index contributed by atoms with van der Waals surface area (Å²) in [5, 5.41) is 0.459. The number of fused-ring (bicyclic) bond motifs is 1. The molecule has 1 atom stereocenters. The SMILES string of the molecule is CC(Cc1cnccn1)N(C)Cc1cc(=O)c2cc(C(N)=O)ccc2[nH]1. The molecule has 3 rings (SSSR count). The van der Waals surface area contributed by atoms with Crippen molar-refractivity contribution in [1.29, 1.82) is 0 Å². The molecule has 0 aliphatic rings. The second kappa shape index (κ2) is 7.45. The molecule has 2 heterocycles. The Balaban J connectivity index is 1.79. The molecule has 7 heteroatoms. The van der Waals surface area contributed by atoms with Crippen molar-refractivity contribution in [3.05, 3.63) is 70.0 Å². The highest BCUT2D eigenvalue weighted by Crippen LogP contribution is 2.13. The number of nitrogens with one attached hydrogen (secondary N) is 1. The molecule has 26 heavy (non-hydrogen) atoms. The van der Waals surface area contributed by atoms with Crippen LogP contribution in [0.5, 0.6) is 0 Å². The zero-order chi connectivity index (χ0) is 18.7. The number of likely N-dealkylation sites (N-methyl/N-ethyl adjacent to an activating group) is 1. The van der Waals surface area contributed by atoms with Gasteiger partial charge >= 0.3 is 0 Å². The Kier molecular flexibility index (Phi) is 5.09. The molecule has 1 unspecified atom stereocenters. The van der Waals surface area contributed by atoms with Crippen molar-refractivity contribution >= 4 is 16.8 Å². The number of hydrogen-bond donors (Lipinski definition) is 2. The predicted molar refractivity (Wildman–Crippen MR) is 99.8 cm³/mol. The van der Waals surface area contributed by atoms with Crippen molar-refractivity contribution in [3.63, 3.8) is 0 Å². The van der Waals surface area contributed by atoms with Gasteiger partial charge in [0, 0.05) is 65.8 Å². The van der Waals surface area contributed by atoms with E-state index in [2.05, 4.69) is 26.8 Å². The molecule has 0 aliphatic heterocycles. The van der Waals surface area contributed by atoms with E-state index in [4.69, 9.17) is 5.73 Å². The van der Waals surface area contributed by atoms with Gasteiger partial charge in [-0.15, -0.1) is 0 Å². The lowest BCUT2D eigenvalue weighted by Crippen LogP contribution is -2.31. The van der Waals surface area contributed by atoms with E-state index in [-0.39, 0.29) is 11.5 Å². The highest BCUT2D eigenvalue weighted by molar-refractivity contribution is 5.96. The molecule has 2 aromatic heterocycles. The zero-order valence-corrected chi connectivity index (χ0v) is 14.8. The lowest BCUT2D eigenvalue weighted by molar-refractivity contribution is 0.100. The Hall–Kier alpha value is -3.06. The average molecular weight is 351 g/mol. The first kappa shape index (κ1) is 17.8. The maximum absolute atomic E-state index is 12.4. The number of aromatic nitrogens is 3. The quantitative estimate of drug-likeness (QED) is 0.700. The summed E-state index contributed by atoms with van der Waals surface area (Å²) in [5.74, 6) is -0.548. The molecule has 3 aromatic rings. The number of amides is 1. The molecule has 0 aliphatic carbocycles. The van der Waals surface area contributed by atoms with E-state index in [0.29, 0.717) is 23.0 Å². The van der Waals surface area contributed by atoms with Gasteiger partial charge in [0.25, 0.3) is 0 Å². The summed E-state index contributed by atoms with van der Waals surface area (Å²) in [4.78, 5) is 37.5. The van der Waals surface area contributed by atoms with Gasteiger partial charge in [0.2, 0.25) is 5.91 Å². The van der Waals surface area contributed by atoms with Gasteiger partial charge in [-0.25, -0.2) is 0 Å². The van der Waals surface area contributed by atoms with Crippen LogP contribution in [0.3, 0.4) is 0 Å². The number of carbonyl (C=O) groups is 1. The summed E-state index contributed by atoms with van der Waals surface area (Å²) >= 11 is 0. The molecule has 0 spiro atoms. The molecule has 0 bridgehead atoms. The Morgan fingerprint density at radius 1 is 1.31 bits per heavy atom. The zero-order valence-electron chi connectivity index (χ0n) is 14.8. The van der Waals surface area contributed by atoms with E-state index >= 15 is 0 Å². The van der Waals surface area contributed by atoms with Gasteiger partial charge in [-0.1, -0.05) is 0 Å². The molecule has 3 N–H and O–H groups in total. The second-order valence-electron chi connectivity index (χ2n) is 6.45. The van der Waals surface area contributed by atoms with Gasteiger partial charge in [0.05, 0.1) is 5.69 Å². The van der Waals surface area contributed by atoms with Crippen LogP contribution < -0.4 is 11.2 Å². The van der Waals surface area contributed by atoms with Crippen molar-refractivity contribution in [2.75, 3.05) is 7.05 Å². The van der Waals surface area contributed by atoms with Crippen molar-refractivity contribution in [1.82, 2.24) is 19.9 Å². The lowest BCUT2D eigenvalue weighted by atomic mass is 10.1. The number of primary amides is 1. The Morgan fingerprint density at radius 2 is 2.12 bits per heavy atom. The highest BCUT2D eigenvalue weighted by atomic mass is 16.1. The van der Waals surface area contributed by atoms with Crippen molar-refractivity contribution in [2.24, 2.45) is 5.73 Å². The van der Waals surface area contributed by atoms with E-state index in [1.54, 1.807) is 36.8 Å². The second-order valence-corrected chi connectivity index (χ2v) is 6.45. The first-order valence-corrected chi connectivity index (χ1v) is 8.35. The van der Waals surface area contributed by atoms with Crippen molar-refractivity contribution in [3.8, 4) is 0 Å². The monoisotopic (exact) mass is 351 g/mol. The largest absolute Gasteiger partial charge is 0.366 e. The van der Waals surface area contributed by atoms with E-state index in [9.17, 15) is 9.59 Å². The van der Waals surface area contributed by atoms with Crippen molar-refractivity contribution < 1.29 is 4.79 Å². The number of hydrogen-bond acceptors (Lipinski definition) is 5. The summed E-state index contributed by atoms with van der Waals surface area (Å²) in [6.07, 6.45) is 5.87. The molecule has 1 aromatic carbocycles. The van der Waals surface area contributed by atoms with Crippen LogP contribution in [0.4, 0.5) is 0 Å². The number of nitrogens with zero attached hydrogens (tertiary/aromatic N) is 3. The van der Waals surface area contributed by atoms with Crippen LogP contribution in [0.15, 0.2) is 47.7 Å². The lowest BCUT2D eigenvalue weighted by Gasteiger charge is -2.24. The molecular formula is C19H21N5O2. The van der Waals surface area contributed by atoms with Crippen LogP contribution in [-0.4, -0.2) is 38.8 Å². The molecule has 0 saturated heterocycles. The Bertz CT molecular complexity index is 984. The number of rotatable bonds is 6. The average Bonchev–Trinajstić information content (AvgIpc) is 2.62. The Morgan fingerprint density at radius 3 is 2.81 bits per heavy atom. The summed E-state index contributed by atoms with van der Waals surface area (Å²) in [5.41, 5.74) is 7.90. The minimum absolute atomic E-state index is 0.133. The fourth-order valence-electron chi connectivity index (χ4n) is 2.86. The van der Waals surface area contributed by atoms with Gasteiger partial charge in [-0.3, -0.25) is 24.5 Å². The smallest absolute Gasteiger partial charge is 0.248 e. The summed E-state index contributed by atoms with van der Waals surface area (Å²) in [7, 11) is 2.00. The molecule has 134 valence electrons. The third-order valence-corrected chi connectivity index (χ3v) is 4.46. The maximum Gasteiger partial charge on any atom is 0.248 e. The normalized spacial score (nSPS) is 12.4. The third kappa shape index (κ3) is 3.94. The maximum atomic E-state index is 12.4. The fourth-order valence-corrected chi connectivity index (χ4v) is 2.86. The standard InChI is InChI=1S/C19H21N5O2/c1-12(7-14-10-21-5-6-22-14)24(2)11-15-9-18(25)16-8-13(19(20)26)3-4-17(16)23-15/h3-6,8-10,12H,7,11H2,1-2H3,(H2,20,26)(H,23,25). The topological polar surface area (TPSA) is 105 Å². The Labute approximate surface area is 150 Å². The minimum atomic E-state index is -0.548. The summed E-state index contributed by atoms with van der Waals surface area (Å²) in [6.45, 7) is 2.69. The molecule has 0 saturated carbocycles. The van der Waals surface area contributed by atoms with Crippen LogP contribution in [0.1, 0.15) is 28.7 Å². The number of H-pyrrole nitrogens is 1. The minimum Gasteiger partial charge on any atom is -0.366 e. The third-order valence-electron chi connectivity index (χ3n) is 4.46. The van der Waals surface area contributed by atoms with E-state index in [0.717, 1.165) is 17.8 Å². The van der Waals surface area contributed by atoms with Crippen LogP contribution in [0.2, 0.25) is 0 Å². The van der Waals surface area contributed by atoms with Crippen LogP contribution >= 0.6 is 0 Å². The van der Waals surface area contributed by atoms with Gasteiger partial charge in [0.15, 0.2) is 5.43 Å². The molecule has 7 nitrogen and oxygen atoms in total. The van der Waals surface area contributed by atoms with Crippen LogP contribution in [0, 0.1) is 0 Å². The fraction of sp³-hybridized carbons (Fsp3) is 0.263. The first-order chi connectivity index (χ1) is 12.4. The van der Waals surface area contributed by atoms with Gasteiger partial charge in [0.1, 0.15) is 0 Å². The first-order valence-electron chi connectivity index (χ1n) is 8.35. The number of benzene rings is 1. The summed E-state index contributed by atoms with van der Waals surface area (Å²) < 4.78 is 0. The van der Waals surface area contributed by atoms with E-state index < -0.39 is 5.91 Å². The van der Waals surface area contributed by atoms with Crippen molar-refractivity contribution in [2.45, 2.75) is 25.9 Å². The number of carbonyl (C=O) groups excluding carboxylic acids is 1. The van der Waals surface area contributed by atoms with Gasteiger partial charge in [-0.05, 0) is 32.2 Å². The number of nitrogens with two attached hydrogens (primary N) is 1. The number of pyridine rings is 1. The predicted octanol–water partition coefficient (Wildman–Crippen LogP) is 1.48. The number of aromatic amines is 1. The van der Waals surface area contributed by atoms with Gasteiger partial charge < -0.3 is 10.7 Å². The van der Waals surface area contributed by atoms with Crippen LogP contribution in [-0.2, 0) is 13.0 Å². The van der Waals surface area contributed by atoms with Gasteiger partial charge in [-0.2, -0.15) is 0 Å². The highest BCUT2D eigenvalue weighted by Gasteiger charge is 2.13. The molecule has 0 fully saturated rings. The molecular weight excluding hydrogens is 330 g/mol. The van der Waals surface area contributed by atoms with E-state index in [1.807, 2.05) is 7.05 Å². The van der Waals surface area contributed by atoms with E-state index in [1.165, 1.54) is 6.07 Å².